The van der Waals surface area contributed by atoms with Crippen LogP contribution < -0.4 is 5.32 Å². The van der Waals surface area contributed by atoms with Crippen LogP contribution in [-0.4, -0.2) is 15.0 Å². The third kappa shape index (κ3) is 2.67. The molecule has 2 rings (SSSR count). The monoisotopic (exact) mass is 216 g/mol. The molecule has 0 aliphatic rings. The molecule has 2 aromatic heterocycles. The van der Waals surface area contributed by atoms with Gasteiger partial charge in [0.25, 0.3) is 0 Å². The van der Waals surface area contributed by atoms with Crippen molar-refractivity contribution >= 4 is 0 Å². The maximum absolute atomic E-state index is 4.16. The highest BCUT2D eigenvalue weighted by molar-refractivity contribution is 5.13. The third-order valence-electron chi connectivity index (χ3n) is 2.54. The summed E-state index contributed by atoms with van der Waals surface area (Å²) in [5.41, 5.74) is 2.30. The molecule has 0 unspecified atom stereocenters. The van der Waals surface area contributed by atoms with Crippen molar-refractivity contribution in [1.82, 2.24) is 20.3 Å². The second-order valence-corrected chi connectivity index (χ2v) is 3.88. The molecule has 16 heavy (non-hydrogen) atoms. The summed E-state index contributed by atoms with van der Waals surface area (Å²) in [5, 5.41) is 3.42. The lowest BCUT2D eigenvalue weighted by Gasteiger charge is -2.12. The van der Waals surface area contributed by atoms with Gasteiger partial charge in [-0.1, -0.05) is 6.07 Å². The predicted octanol–water partition coefficient (Wildman–Crippen LogP) is 1.96. The number of rotatable bonds is 4. The highest BCUT2D eigenvalue weighted by atomic mass is 15.0. The van der Waals surface area contributed by atoms with E-state index in [2.05, 4.69) is 33.3 Å². The molecule has 0 fully saturated rings. The second-order valence-electron chi connectivity index (χ2n) is 3.88. The molecule has 0 saturated carbocycles. The summed E-state index contributed by atoms with van der Waals surface area (Å²) in [7, 11) is 0. The fraction of sp³-hybridized carbons (Fsp3) is 0.333. The lowest BCUT2D eigenvalue weighted by atomic mass is 10.1. The normalized spacial score (nSPS) is 12.6. The van der Waals surface area contributed by atoms with E-state index in [1.54, 1.807) is 6.20 Å². The molecule has 2 heterocycles. The molecule has 0 spiro atoms. The molecule has 0 aliphatic carbocycles. The van der Waals surface area contributed by atoms with Crippen molar-refractivity contribution in [3.8, 4) is 0 Å². The van der Waals surface area contributed by atoms with E-state index in [0.29, 0.717) is 0 Å². The van der Waals surface area contributed by atoms with Crippen LogP contribution in [0.4, 0.5) is 0 Å². The first kappa shape index (κ1) is 10.8. The summed E-state index contributed by atoms with van der Waals surface area (Å²) in [6.45, 7) is 4.87. The number of aromatic nitrogens is 3. The average molecular weight is 216 g/mol. The zero-order valence-corrected chi connectivity index (χ0v) is 9.57. The van der Waals surface area contributed by atoms with E-state index >= 15 is 0 Å². The number of nitrogens with one attached hydrogen (secondary N) is 2. The number of aromatic amines is 1. The fourth-order valence-electron chi connectivity index (χ4n) is 1.57. The minimum atomic E-state index is 0.289. The van der Waals surface area contributed by atoms with Crippen LogP contribution >= 0.6 is 0 Å². The quantitative estimate of drug-likeness (QED) is 0.821. The minimum absolute atomic E-state index is 0.289. The molecular weight excluding hydrogens is 200 g/mol. The van der Waals surface area contributed by atoms with Crippen LogP contribution in [-0.2, 0) is 6.54 Å². The van der Waals surface area contributed by atoms with E-state index in [9.17, 15) is 0 Å². The molecule has 0 amide bonds. The first-order valence-electron chi connectivity index (χ1n) is 5.39. The van der Waals surface area contributed by atoms with Gasteiger partial charge in [-0.05, 0) is 25.5 Å². The molecule has 0 aromatic carbocycles. The van der Waals surface area contributed by atoms with Gasteiger partial charge in [0.2, 0.25) is 0 Å². The zero-order chi connectivity index (χ0) is 11.4. The lowest BCUT2D eigenvalue weighted by molar-refractivity contribution is 0.567. The molecule has 0 aliphatic heterocycles. The maximum atomic E-state index is 4.16. The minimum Gasteiger partial charge on any atom is -0.345 e. The first-order valence-corrected chi connectivity index (χ1v) is 5.39. The van der Waals surface area contributed by atoms with Crippen LogP contribution in [0.25, 0.3) is 0 Å². The van der Waals surface area contributed by atoms with Gasteiger partial charge in [0.15, 0.2) is 0 Å². The number of pyridine rings is 1. The van der Waals surface area contributed by atoms with Crippen molar-refractivity contribution in [1.29, 1.82) is 0 Å². The van der Waals surface area contributed by atoms with Gasteiger partial charge in [0.1, 0.15) is 5.82 Å². The highest BCUT2D eigenvalue weighted by Gasteiger charge is 2.04. The van der Waals surface area contributed by atoms with Gasteiger partial charge in [-0.2, -0.15) is 0 Å². The molecular formula is C12H16N4. The predicted molar refractivity (Wildman–Crippen MR) is 62.8 cm³/mol. The van der Waals surface area contributed by atoms with Crippen LogP contribution in [0.5, 0.6) is 0 Å². The largest absolute Gasteiger partial charge is 0.345 e. The molecule has 1 atom stereocenters. The Bertz CT molecular complexity index is 435. The van der Waals surface area contributed by atoms with Gasteiger partial charge >= 0.3 is 0 Å². The number of hydrogen-bond acceptors (Lipinski definition) is 3. The van der Waals surface area contributed by atoms with Crippen LogP contribution in [0.15, 0.2) is 30.7 Å². The highest BCUT2D eigenvalue weighted by Crippen LogP contribution is 2.10. The van der Waals surface area contributed by atoms with Crippen molar-refractivity contribution in [3.05, 3.63) is 47.8 Å². The second kappa shape index (κ2) is 4.90. The SMILES string of the molecule is Cc1ncc(CN[C@H](C)c2cccnc2)[nH]1. The number of aryl methyl sites for hydroxylation is 1. The number of nitrogens with zero attached hydrogens (tertiary/aromatic N) is 2. The van der Waals surface area contributed by atoms with Gasteiger partial charge in [0, 0.05) is 36.9 Å². The van der Waals surface area contributed by atoms with Crippen LogP contribution in [0, 0.1) is 6.92 Å². The Morgan fingerprint density at radius 3 is 2.94 bits per heavy atom. The number of H-pyrrole nitrogens is 1. The maximum Gasteiger partial charge on any atom is 0.103 e. The average Bonchev–Trinajstić information content (AvgIpc) is 2.73. The Hall–Kier alpha value is -1.68. The summed E-state index contributed by atoms with van der Waals surface area (Å²) < 4.78 is 0. The first-order chi connectivity index (χ1) is 7.75. The van der Waals surface area contributed by atoms with Gasteiger partial charge in [-0.15, -0.1) is 0 Å². The van der Waals surface area contributed by atoms with Crippen LogP contribution in [0.1, 0.15) is 30.0 Å². The summed E-state index contributed by atoms with van der Waals surface area (Å²) in [4.78, 5) is 11.5. The van der Waals surface area contributed by atoms with E-state index in [1.807, 2.05) is 25.4 Å². The van der Waals surface area contributed by atoms with Gasteiger partial charge in [-0.25, -0.2) is 4.98 Å². The zero-order valence-electron chi connectivity index (χ0n) is 9.57. The molecule has 4 heteroatoms. The molecule has 84 valence electrons. The van der Waals surface area contributed by atoms with Crippen molar-refractivity contribution in [2.75, 3.05) is 0 Å². The summed E-state index contributed by atoms with van der Waals surface area (Å²) in [5.74, 6) is 0.950. The van der Waals surface area contributed by atoms with Gasteiger partial charge < -0.3 is 10.3 Å². The Balaban J connectivity index is 1.91. The summed E-state index contributed by atoms with van der Waals surface area (Å²) >= 11 is 0. The standard InChI is InChI=1S/C12H16N4/c1-9(11-4-3-5-13-6-11)14-7-12-8-15-10(2)16-12/h3-6,8-9,14H,7H2,1-2H3,(H,15,16)/t9-/m1/s1. The summed E-state index contributed by atoms with van der Waals surface area (Å²) in [6.07, 6.45) is 5.53. The molecule has 2 N–H and O–H groups in total. The van der Waals surface area contributed by atoms with Gasteiger partial charge in [0.05, 0.1) is 0 Å². The van der Waals surface area contributed by atoms with E-state index in [0.717, 1.165) is 18.1 Å². The fourth-order valence-corrected chi connectivity index (χ4v) is 1.57. The molecule has 0 bridgehead atoms. The molecule has 2 aromatic rings. The van der Waals surface area contributed by atoms with E-state index < -0.39 is 0 Å². The molecule has 4 nitrogen and oxygen atoms in total. The lowest BCUT2D eigenvalue weighted by Crippen LogP contribution is -2.18. The Kier molecular flexibility index (Phi) is 3.31. The van der Waals surface area contributed by atoms with Crippen molar-refractivity contribution in [2.45, 2.75) is 26.4 Å². The molecule has 0 radical (unpaired) electrons. The Morgan fingerprint density at radius 1 is 1.44 bits per heavy atom. The van der Waals surface area contributed by atoms with Gasteiger partial charge in [-0.3, -0.25) is 4.98 Å². The summed E-state index contributed by atoms with van der Waals surface area (Å²) in [6, 6.07) is 4.31. The van der Waals surface area contributed by atoms with Crippen molar-refractivity contribution in [3.63, 3.8) is 0 Å². The van der Waals surface area contributed by atoms with E-state index in [1.165, 1.54) is 5.56 Å². The topological polar surface area (TPSA) is 53.6 Å². The van der Waals surface area contributed by atoms with E-state index in [4.69, 9.17) is 0 Å². The Labute approximate surface area is 95.1 Å². The third-order valence-corrected chi connectivity index (χ3v) is 2.54. The smallest absolute Gasteiger partial charge is 0.103 e. The molecule has 0 saturated heterocycles. The van der Waals surface area contributed by atoms with Crippen LogP contribution in [0.2, 0.25) is 0 Å². The van der Waals surface area contributed by atoms with E-state index in [-0.39, 0.29) is 6.04 Å². The number of imidazole rings is 1. The van der Waals surface area contributed by atoms with Crippen molar-refractivity contribution in [2.24, 2.45) is 0 Å². The Morgan fingerprint density at radius 2 is 2.31 bits per heavy atom. The van der Waals surface area contributed by atoms with Crippen molar-refractivity contribution < 1.29 is 0 Å². The number of hydrogen-bond donors (Lipinski definition) is 2. The van der Waals surface area contributed by atoms with Crippen LogP contribution in [0.3, 0.4) is 0 Å².